The van der Waals surface area contributed by atoms with Gasteiger partial charge in [-0.3, -0.25) is 4.79 Å². The molecule has 0 radical (unpaired) electrons. The molecule has 1 unspecified atom stereocenters. The minimum atomic E-state index is -0.299. The van der Waals surface area contributed by atoms with Gasteiger partial charge in [0.1, 0.15) is 6.33 Å². The molecule has 2 saturated heterocycles. The van der Waals surface area contributed by atoms with Gasteiger partial charge < -0.3 is 28.7 Å². The monoisotopic (exact) mass is 469 g/mol. The second-order valence-corrected chi connectivity index (χ2v) is 8.81. The molecule has 2 aromatic rings. The van der Waals surface area contributed by atoms with Crippen LogP contribution in [-0.4, -0.2) is 72.5 Å². The van der Waals surface area contributed by atoms with E-state index < -0.39 is 0 Å². The Hall–Kier alpha value is -3.14. The lowest BCUT2D eigenvalue weighted by atomic mass is 9.99. The third-order valence-corrected chi connectivity index (χ3v) is 6.84. The smallest absolute Gasteiger partial charge is 0.256 e. The first-order chi connectivity index (χ1) is 16.7. The van der Waals surface area contributed by atoms with E-state index in [-0.39, 0.29) is 18.1 Å². The number of methoxy groups -OCH3 is 2. The zero-order chi connectivity index (χ0) is 23.5. The van der Waals surface area contributed by atoms with E-state index in [1.54, 1.807) is 26.7 Å². The van der Waals surface area contributed by atoms with E-state index in [1.807, 2.05) is 11.0 Å². The molecule has 0 aliphatic carbocycles. The standard InChI is InChI=1S/C24H31N5O5/c1-31-20-12-17(13-25-23(20)32-2)28-9-5-19-18(14-28)22(27-15-26-19)34-21-4-3-8-29(21)24(30)16-6-10-33-11-7-16/h12-13,15-16,21H,3-11,14H2,1-2H3. The van der Waals surface area contributed by atoms with Crippen LogP contribution in [0.25, 0.3) is 0 Å². The van der Waals surface area contributed by atoms with E-state index in [9.17, 15) is 4.79 Å². The molecule has 10 heteroatoms. The Bertz CT molecular complexity index is 1030. The molecule has 0 N–H and O–H groups in total. The summed E-state index contributed by atoms with van der Waals surface area (Å²) in [7, 11) is 3.17. The van der Waals surface area contributed by atoms with Gasteiger partial charge in [0.25, 0.3) is 5.88 Å². The predicted octanol–water partition coefficient (Wildman–Crippen LogP) is 2.21. The van der Waals surface area contributed by atoms with E-state index in [4.69, 9.17) is 18.9 Å². The molecule has 0 bridgehead atoms. The second-order valence-electron chi connectivity index (χ2n) is 8.81. The maximum atomic E-state index is 13.2. The quantitative estimate of drug-likeness (QED) is 0.630. The van der Waals surface area contributed by atoms with Crippen LogP contribution in [0.4, 0.5) is 5.69 Å². The van der Waals surface area contributed by atoms with Crippen LogP contribution in [0.15, 0.2) is 18.6 Å². The van der Waals surface area contributed by atoms with Gasteiger partial charge in [-0.05, 0) is 19.3 Å². The lowest BCUT2D eigenvalue weighted by Crippen LogP contribution is -2.44. The lowest BCUT2D eigenvalue weighted by molar-refractivity contribution is -0.144. The Morgan fingerprint density at radius 1 is 1.06 bits per heavy atom. The summed E-state index contributed by atoms with van der Waals surface area (Å²) in [6.07, 6.45) is 7.08. The molecular weight excluding hydrogens is 438 g/mol. The zero-order valence-electron chi connectivity index (χ0n) is 19.7. The van der Waals surface area contributed by atoms with Crippen LogP contribution in [0.3, 0.4) is 0 Å². The average Bonchev–Trinajstić information content (AvgIpc) is 3.36. The number of carbonyl (C=O) groups excluding carboxylic acids is 1. The molecule has 1 amide bonds. The van der Waals surface area contributed by atoms with Gasteiger partial charge in [-0.25, -0.2) is 15.0 Å². The number of ether oxygens (including phenoxy) is 4. The number of hydrogen-bond acceptors (Lipinski definition) is 9. The Morgan fingerprint density at radius 2 is 1.91 bits per heavy atom. The largest absolute Gasteiger partial charge is 0.491 e. The van der Waals surface area contributed by atoms with Crippen LogP contribution in [0.1, 0.15) is 36.9 Å². The molecule has 3 aliphatic rings. The summed E-state index contributed by atoms with van der Waals surface area (Å²) in [5.74, 6) is 1.78. The maximum absolute atomic E-state index is 13.2. The Labute approximate surface area is 199 Å². The fourth-order valence-electron chi connectivity index (χ4n) is 4.95. The van der Waals surface area contributed by atoms with Crippen molar-refractivity contribution >= 4 is 11.6 Å². The van der Waals surface area contributed by atoms with Gasteiger partial charge in [0.15, 0.2) is 12.0 Å². The highest BCUT2D eigenvalue weighted by Crippen LogP contribution is 2.34. The summed E-state index contributed by atoms with van der Waals surface area (Å²) in [4.78, 5) is 30.6. The number of fused-ring (bicyclic) bond motifs is 1. The molecule has 2 aromatic heterocycles. The fourth-order valence-corrected chi connectivity index (χ4v) is 4.95. The normalized spacial score (nSPS) is 20.7. The van der Waals surface area contributed by atoms with Crippen LogP contribution in [0, 0.1) is 5.92 Å². The van der Waals surface area contributed by atoms with Crippen LogP contribution >= 0.6 is 0 Å². The lowest BCUT2D eigenvalue weighted by Gasteiger charge is -2.33. The molecule has 10 nitrogen and oxygen atoms in total. The molecular formula is C24H31N5O5. The van der Waals surface area contributed by atoms with Gasteiger partial charge in [0, 0.05) is 51.1 Å². The Morgan fingerprint density at radius 3 is 2.71 bits per heavy atom. The number of amides is 1. The van der Waals surface area contributed by atoms with Crippen molar-refractivity contribution < 1.29 is 23.7 Å². The summed E-state index contributed by atoms with van der Waals surface area (Å²) in [6.45, 7) is 3.39. The fraction of sp³-hybridized carbons (Fsp3) is 0.583. The zero-order valence-corrected chi connectivity index (χ0v) is 19.7. The summed E-state index contributed by atoms with van der Waals surface area (Å²) in [5.41, 5.74) is 2.86. The topological polar surface area (TPSA) is 99.1 Å². The van der Waals surface area contributed by atoms with E-state index in [2.05, 4.69) is 19.9 Å². The van der Waals surface area contributed by atoms with Crippen molar-refractivity contribution in [1.29, 1.82) is 0 Å². The average molecular weight is 470 g/mol. The molecule has 0 saturated carbocycles. The molecule has 5 rings (SSSR count). The van der Waals surface area contributed by atoms with E-state index in [0.717, 1.165) is 62.1 Å². The first kappa shape index (κ1) is 22.6. The van der Waals surface area contributed by atoms with Gasteiger partial charge in [-0.1, -0.05) is 0 Å². The van der Waals surface area contributed by atoms with Gasteiger partial charge in [0.05, 0.1) is 43.9 Å². The van der Waals surface area contributed by atoms with Gasteiger partial charge >= 0.3 is 0 Å². The van der Waals surface area contributed by atoms with E-state index in [1.165, 1.54) is 0 Å². The first-order valence-corrected chi connectivity index (χ1v) is 11.9. The summed E-state index contributed by atoms with van der Waals surface area (Å²) < 4.78 is 22.5. The number of likely N-dealkylation sites (tertiary alicyclic amines) is 1. The third kappa shape index (κ3) is 4.46. The number of aromatic nitrogens is 3. The molecule has 182 valence electrons. The van der Waals surface area contributed by atoms with Crippen molar-refractivity contribution in [2.45, 2.75) is 44.9 Å². The maximum Gasteiger partial charge on any atom is 0.256 e. The van der Waals surface area contributed by atoms with Gasteiger partial charge in [-0.15, -0.1) is 0 Å². The highest BCUT2D eigenvalue weighted by atomic mass is 16.5. The number of rotatable bonds is 6. The van der Waals surface area contributed by atoms with Crippen molar-refractivity contribution in [3.63, 3.8) is 0 Å². The highest BCUT2D eigenvalue weighted by molar-refractivity contribution is 5.79. The van der Waals surface area contributed by atoms with Crippen LogP contribution in [0.5, 0.6) is 17.5 Å². The second kappa shape index (κ2) is 10.0. The molecule has 5 heterocycles. The highest BCUT2D eigenvalue weighted by Gasteiger charge is 2.36. The molecule has 2 fully saturated rings. The number of anilines is 1. The molecule has 1 atom stereocenters. The minimum Gasteiger partial charge on any atom is -0.491 e. The third-order valence-electron chi connectivity index (χ3n) is 6.84. The number of carbonyl (C=O) groups is 1. The Balaban J connectivity index is 1.34. The minimum absolute atomic E-state index is 0.0188. The van der Waals surface area contributed by atoms with Crippen molar-refractivity contribution in [3.8, 4) is 17.5 Å². The number of pyridine rings is 1. The van der Waals surface area contributed by atoms with Crippen molar-refractivity contribution in [1.82, 2.24) is 19.9 Å². The molecule has 3 aliphatic heterocycles. The van der Waals surface area contributed by atoms with Crippen LogP contribution in [-0.2, 0) is 22.5 Å². The van der Waals surface area contributed by atoms with Crippen LogP contribution < -0.4 is 19.1 Å². The SMILES string of the molecule is COc1cc(N2CCc3ncnc(OC4CCCN4C(=O)C4CCOCC4)c3C2)cnc1OC. The van der Waals surface area contributed by atoms with Crippen molar-refractivity contribution in [2.24, 2.45) is 5.92 Å². The predicted molar refractivity (Wildman–Crippen MR) is 123 cm³/mol. The van der Waals surface area contributed by atoms with Crippen LogP contribution in [0.2, 0.25) is 0 Å². The Kier molecular flexibility index (Phi) is 6.66. The summed E-state index contributed by atoms with van der Waals surface area (Å²) in [5, 5.41) is 0. The van der Waals surface area contributed by atoms with E-state index in [0.29, 0.717) is 37.3 Å². The summed E-state index contributed by atoms with van der Waals surface area (Å²) in [6, 6.07) is 1.92. The van der Waals surface area contributed by atoms with Gasteiger partial charge in [-0.2, -0.15) is 0 Å². The van der Waals surface area contributed by atoms with Crippen molar-refractivity contribution in [2.75, 3.05) is 45.4 Å². The molecule has 0 aromatic carbocycles. The molecule has 0 spiro atoms. The number of hydrogen-bond donors (Lipinski definition) is 0. The van der Waals surface area contributed by atoms with Crippen molar-refractivity contribution in [3.05, 3.63) is 29.8 Å². The van der Waals surface area contributed by atoms with E-state index >= 15 is 0 Å². The molecule has 34 heavy (non-hydrogen) atoms. The summed E-state index contributed by atoms with van der Waals surface area (Å²) >= 11 is 0. The first-order valence-electron chi connectivity index (χ1n) is 11.9. The number of nitrogens with zero attached hydrogens (tertiary/aromatic N) is 5. The van der Waals surface area contributed by atoms with Gasteiger partial charge in [0.2, 0.25) is 11.8 Å².